The maximum atomic E-state index is 6.28. The van der Waals surface area contributed by atoms with Gasteiger partial charge in [-0.15, -0.1) is 0 Å². The predicted octanol–water partition coefficient (Wildman–Crippen LogP) is 11.8. The van der Waals surface area contributed by atoms with Crippen LogP contribution in [0, 0.1) is 0 Å². The lowest BCUT2D eigenvalue weighted by atomic mass is 10.1. The van der Waals surface area contributed by atoms with Crippen LogP contribution in [0.15, 0.2) is 8.95 Å². The highest BCUT2D eigenvalue weighted by molar-refractivity contribution is 9.11. The summed E-state index contributed by atoms with van der Waals surface area (Å²) in [6, 6.07) is 0. The summed E-state index contributed by atoms with van der Waals surface area (Å²) in [6.07, 6.45) is 26.3. The fourth-order valence-electron chi connectivity index (χ4n) is 4.68. The fraction of sp³-hybridized carbons (Fsp3) is 0.800. The third kappa shape index (κ3) is 13.0. The smallest absolute Gasteiger partial charge is 0.178 e. The van der Waals surface area contributed by atoms with Crippen LogP contribution in [0.25, 0.3) is 11.0 Å². The summed E-state index contributed by atoms with van der Waals surface area (Å²) >= 11 is 8.67. The molecule has 1 aromatic heterocycles. The van der Waals surface area contributed by atoms with Crippen LogP contribution in [-0.4, -0.2) is 22.0 Å². The molecule has 37 heavy (non-hydrogen) atoms. The van der Waals surface area contributed by atoms with E-state index >= 15 is 0 Å². The van der Waals surface area contributed by atoms with Crippen LogP contribution in [0.2, 0.25) is 0 Å². The molecule has 7 heteroatoms. The lowest BCUT2D eigenvalue weighted by Crippen LogP contribution is -2.05. The molecule has 0 aliphatic rings. The topological polar surface area (TPSA) is 44.2 Å². The molecule has 4 nitrogen and oxygen atoms in total. The van der Waals surface area contributed by atoms with E-state index in [1.807, 2.05) is 0 Å². The van der Waals surface area contributed by atoms with Gasteiger partial charge in [0.1, 0.15) is 11.0 Å². The fourth-order valence-corrected chi connectivity index (χ4v) is 6.61. The van der Waals surface area contributed by atoms with Crippen LogP contribution >= 0.6 is 43.6 Å². The van der Waals surface area contributed by atoms with Gasteiger partial charge in [0, 0.05) is 0 Å². The monoisotopic (exact) mass is 660 g/mol. The van der Waals surface area contributed by atoms with Crippen molar-refractivity contribution in [1.29, 1.82) is 0 Å². The van der Waals surface area contributed by atoms with Crippen LogP contribution in [-0.2, 0) is 0 Å². The molecule has 0 radical (unpaired) electrons. The number of fused-ring (bicyclic) bond motifs is 1. The first-order valence-corrected chi connectivity index (χ1v) is 17.4. The van der Waals surface area contributed by atoms with Crippen molar-refractivity contribution in [2.45, 2.75) is 142 Å². The number of hydrogen-bond donors (Lipinski definition) is 0. The van der Waals surface area contributed by atoms with Crippen molar-refractivity contribution in [3.63, 3.8) is 0 Å². The zero-order valence-corrected chi connectivity index (χ0v) is 27.4. The summed E-state index contributed by atoms with van der Waals surface area (Å²) in [7, 11) is 0. The van der Waals surface area contributed by atoms with Gasteiger partial charge in [0.25, 0.3) is 0 Å². The molecule has 0 saturated carbocycles. The third-order valence-electron chi connectivity index (χ3n) is 7.00. The standard InChI is InChI=1S/C30H50Br2N2O2S/c1-3-5-7-9-11-13-15-17-19-21-23-35-29-25(31)27-28(34-37-33-27)26(32)30(29)36-24-22-20-18-16-14-12-10-8-6-4-2/h3-24H2,1-2H3. The molecule has 0 unspecified atom stereocenters. The SMILES string of the molecule is CCCCCCCCCCCCOc1c(OCCCCCCCCCCCC)c(Br)c2nsnc2c1Br. The van der Waals surface area contributed by atoms with Crippen molar-refractivity contribution in [2.24, 2.45) is 0 Å². The molecular formula is C30H50Br2N2O2S. The number of halogens is 2. The predicted molar refractivity (Wildman–Crippen MR) is 167 cm³/mol. The second kappa shape index (κ2) is 21.4. The van der Waals surface area contributed by atoms with Crippen LogP contribution < -0.4 is 9.47 Å². The summed E-state index contributed by atoms with van der Waals surface area (Å²) < 4.78 is 23.2. The molecule has 0 atom stereocenters. The highest BCUT2D eigenvalue weighted by atomic mass is 79.9. The Morgan fingerprint density at radius 3 is 1.11 bits per heavy atom. The normalized spacial score (nSPS) is 11.5. The summed E-state index contributed by atoms with van der Waals surface area (Å²) in [5.74, 6) is 1.52. The zero-order chi connectivity index (χ0) is 26.6. The van der Waals surface area contributed by atoms with E-state index in [-0.39, 0.29) is 0 Å². The number of unbranched alkanes of at least 4 members (excludes halogenated alkanes) is 18. The van der Waals surface area contributed by atoms with Crippen LogP contribution in [0.4, 0.5) is 0 Å². The van der Waals surface area contributed by atoms with Gasteiger partial charge in [-0.2, -0.15) is 8.75 Å². The molecule has 1 aromatic carbocycles. The van der Waals surface area contributed by atoms with E-state index < -0.39 is 0 Å². The number of hydrogen-bond acceptors (Lipinski definition) is 5. The zero-order valence-electron chi connectivity index (χ0n) is 23.4. The van der Waals surface area contributed by atoms with E-state index in [9.17, 15) is 0 Å². The van der Waals surface area contributed by atoms with Crippen molar-refractivity contribution in [2.75, 3.05) is 13.2 Å². The average Bonchev–Trinajstić information content (AvgIpc) is 3.40. The minimum atomic E-state index is 0.694. The van der Waals surface area contributed by atoms with Crippen molar-refractivity contribution in [3.05, 3.63) is 8.95 Å². The van der Waals surface area contributed by atoms with Gasteiger partial charge in [0.2, 0.25) is 0 Å². The van der Waals surface area contributed by atoms with Gasteiger partial charge in [-0.3, -0.25) is 0 Å². The highest BCUT2D eigenvalue weighted by Gasteiger charge is 2.22. The highest BCUT2D eigenvalue weighted by Crippen LogP contribution is 2.47. The molecule has 2 rings (SSSR count). The Kier molecular flexibility index (Phi) is 19.0. The van der Waals surface area contributed by atoms with Crippen LogP contribution in [0.3, 0.4) is 0 Å². The van der Waals surface area contributed by atoms with E-state index in [1.54, 1.807) is 0 Å². The number of ether oxygens (including phenoxy) is 2. The Balaban J connectivity index is 1.72. The molecule has 0 amide bonds. The van der Waals surface area contributed by atoms with E-state index in [0.717, 1.165) is 44.3 Å². The van der Waals surface area contributed by atoms with Crippen molar-refractivity contribution in [1.82, 2.24) is 8.75 Å². The Bertz CT molecular complexity index is 781. The molecule has 2 aromatic rings. The summed E-state index contributed by atoms with van der Waals surface area (Å²) in [5, 5.41) is 0. The molecule has 1 heterocycles. The first-order valence-electron chi connectivity index (χ1n) is 15.1. The van der Waals surface area contributed by atoms with E-state index in [2.05, 4.69) is 54.5 Å². The van der Waals surface area contributed by atoms with Crippen LogP contribution in [0.1, 0.15) is 142 Å². The van der Waals surface area contributed by atoms with Gasteiger partial charge >= 0.3 is 0 Å². The van der Waals surface area contributed by atoms with E-state index in [0.29, 0.717) is 13.2 Å². The summed E-state index contributed by atoms with van der Waals surface area (Å²) in [4.78, 5) is 0. The summed E-state index contributed by atoms with van der Waals surface area (Å²) in [5.41, 5.74) is 1.67. The quantitative estimate of drug-likeness (QED) is 0.105. The molecule has 0 bridgehead atoms. The second-order valence-corrected chi connectivity index (χ2v) is 12.4. The Labute approximate surface area is 247 Å². The third-order valence-corrected chi connectivity index (χ3v) is 9.00. The lowest BCUT2D eigenvalue weighted by Gasteiger charge is -2.16. The largest absolute Gasteiger partial charge is 0.488 e. The lowest BCUT2D eigenvalue weighted by molar-refractivity contribution is 0.256. The van der Waals surface area contributed by atoms with E-state index in [4.69, 9.17) is 9.47 Å². The summed E-state index contributed by atoms with van der Waals surface area (Å²) in [6.45, 7) is 5.94. The Hall–Kier alpha value is -0.400. The minimum Gasteiger partial charge on any atom is -0.488 e. The molecule has 212 valence electrons. The second-order valence-electron chi connectivity index (χ2n) is 10.3. The number of aromatic nitrogens is 2. The molecular weight excluding hydrogens is 612 g/mol. The van der Waals surface area contributed by atoms with Crippen molar-refractivity contribution >= 4 is 54.6 Å². The first-order chi connectivity index (χ1) is 18.2. The molecule has 0 N–H and O–H groups in total. The number of nitrogens with zero attached hydrogens (tertiary/aromatic N) is 2. The van der Waals surface area contributed by atoms with Gasteiger partial charge in [-0.1, -0.05) is 129 Å². The number of benzene rings is 1. The van der Waals surface area contributed by atoms with Gasteiger partial charge in [0.15, 0.2) is 11.5 Å². The van der Waals surface area contributed by atoms with Crippen molar-refractivity contribution in [3.8, 4) is 11.5 Å². The van der Waals surface area contributed by atoms with Crippen molar-refractivity contribution < 1.29 is 9.47 Å². The maximum absolute atomic E-state index is 6.28. The number of rotatable bonds is 24. The minimum absolute atomic E-state index is 0.694. The van der Waals surface area contributed by atoms with E-state index in [1.165, 1.54) is 127 Å². The molecule has 0 fully saturated rings. The van der Waals surface area contributed by atoms with Gasteiger partial charge in [-0.25, -0.2) is 0 Å². The average molecular weight is 663 g/mol. The van der Waals surface area contributed by atoms with Gasteiger partial charge < -0.3 is 9.47 Å². The first kappa shape index (κ1) is 32.8. The molecule has 0 spiro atoms. The van der Waals surface area contributed by atoms with Crippen LogP contribution in [0.5, 0.6) is 11.5 Å². The molecule has 0 aliphatic carbocycles. The van der Waals surface area contributed by atoms with Gasteiger partial charge in [0.05, 0.1) is 33.9 Å². The Morgan fingerprint density at radius 1 is 0.486 bits per heavy atom. The van der Waals surface area contributed by atoms with Gasteiger partial charge in [-0.05, 0) is 44.7 Å². The molecule has 0 aliphatic heterocycles. The molecule has 0 saturated heterocycles. The maximum Gasteiger partial charge on any atom is 0.178 e. The Morgan fingerprint density at radius 2 is 0.784 bits per heavy atom.